The number of nitrogens with zero attached hydrogens (tertiary/aromatic N) is 1. The number of ketones is 1. The fourth-order valence-electron chi connectivity index (χ4n) is 3.12. The van der Waals surface area contributed by atoms with E-state index in [1.54, 1.807) is 12.1 Å². The molecule has 1 aliphatic rings. The Kier molecular flexibility index (Phi) is 4.85. The monoisotopic (exact) mass is 371 g/mol. The summed E-state index contributed by atoms with van der Waals surface area (Å²) < 4.78 is 23.7. The maximum absolute atomic E-state index is 13.3. The number of likely N-dealkylation sites (N-methyl/N-ethyl adjacent to an activating group) is 1. The molecule has 0 saturated carbocycles. The lowest BCUT2D eigenvalue weighted by Crippen LogP contribution is -2.24. The topological polar surface area (TPSA) is 76.1 Å². The second-order valence-electron chi connectivity index (χ2n) is 6.03. The van der Waals surface area contributed by atoms with Gasteiger partial charge in [-0.2, -0.15) is 0 Å². The smallest absolute Gasteiger partial charge is 0.295 e. The Morgan fingerprint density at radius 1 is 1.04 bits per heavy atom. The number of likely N-dealkylation sites (tertiary alicyclic amines) is 1. The molecule has 0 spiro atoms. The first-order valence-corrected chi connectivity index (χ1v) is 8.11. The fraction of sp³-hybridized carbons (Fsp3) is 0.200. The summed E-state index contributed by atoms with van der Waals surface area (Å²) in [6, 6.07) is 9.26. The Morgan fingerprint density at radius 2 is 1.67 bits per heavy atom. The molecule has 1 saturated heterocycles. The summed E-state index contributed by atoms with van der Waals surface area (Å²) in [5, 5.41) is 10.8. The second-order valence-corrected chi connectivity index (χ2v) is 6.03. The number of hydrogen-bond acceptors (Lipinski definition) is 5. The van der Waals surface area contributed by atoms with Crippen LogP contribution in [-0.4, -0.2) is 43.0 Å². The van der Waals surface area contributed by atoms with Gasteiger partial charge in [0.2, 0.25) is 0 Å². The Bertz CT molecular complexity index is 936. The van der Waals surface area contributed by atoms with Crippen molar-refractivity contribution >= 4 is 17.4 Å². The molecule has 0 aliphatic carbocycles. The standard InChI is InChI=1S/C20H18FNO5/c1-22-17(11-4-7-13(21)8-5-11)16(19(24)20(22)25)18(23)12-6-9-14(26-2)15(10-12)27-3/h4-10,17,23H,1-3H3/t17-/m1/s1. The van der Waals surface area contributed by atoms with Gasteiger partial charge in [0.1, 0.15) is 11.6 Å². The Morgan fingerprint density at radius 3 is 2.26 bits per heavy atom. The molecular weight excluding hydrogens is 353 g/mol. The number of rotatable bonds is 4. The average molecular weight is 371 g/mol. The highest BCUT2D eigenvalue weighted by Gasteiger charge is 2.44. The van der Waals surface area contributed by atoms with Crippen molar-refractivity contribution in [3.8, 4) is 11.5 Å². The lowest BCUT2D eigenvalue weighted by molar-refractivity contribution is -0.139. The number of benzene rings is 2. The van der Waals surface area contributed by atoms with Crippen LogP contribution < -0.4 is 9.47 Å². The van der Waals surface area contributed by atoms with Crippen LogP contribution in [0.15, 0.2) is 48.0 Å². The van der Waals surface area contributed by atoms with Crippen LogP contribution in [0.3, 0.4) is 0 Å². The number of aliphatic hydroxyl groups excluding tert-OH is 1. The van der Waals surface area contributed by atoms with E-state index in [0.29, 0.717) is 22.6 Å². The Balaban J connectivity index is 2.16. The van der Waals surface area contributed by atoms with Crippen LogP contribution in [-0.2, 0) is 9.59 Å². The fourth-order valence-corrected chi connectivity index (χ4v) is 3.12. The molecule has 1 amide bonds. The molecule has 27 heavy (non-hydrogen) atoms. The molecule has 0 bridgehead atoms. The quantitative estimate of drug-likeness (QED) is 0.508. The van der Waals surface area contributed by atoms with E-state index < -0.39 is 23.5 Å². The van der Waals surface area contributed by atoms with Gasteiger partial charge in [0.25, 0.3) is 11.7 Å². The third kappa shape index (κ3) is 3.12. The van der Waals surface area contributed by atoms with Gasteiger partial charge in [-0.05, 0) is 35.9 Å². The molecule has 0 aromatic heterocycles. The van der Waals surface area contributed by atoms with E-state index in [9.17, 15) is 19.1 Å². The maximum atomic E-state index is 13.3. The van der Waals surface area contributed by atoms with Crippen LogP contribution in [0.1, 0.15) is 17.2 Å². The van der Waals surface area contributed by atoms with Crippen molar-refractivity contribution in [1.82, 2.24) is 4.90 Å². The highest BCUT2D eigenvalue weighted by atomic mass is 19.1. The van der Waals surface area contributed by atoms with E-state index in [1.165, 1.54) is 56.5 Å². The van der Waals surface area contributed by atoms with E-state index >= 15 is 0 Å². The number of hydrogen-bond donors (Lipinski definition) is 1. The number of amides is 1. The minimum Gasteiger partial charge on any atom is -0.507 e. The molecule has 6 nitrogen and oxygen atoms in total. The average Bonchev–Trinajstić information content (AvgIpc) is 2.91. The summed E-state index contributed by atoms with van der Waals surface area (Å²) in [6.45, 7) is 0. The molecule has 2 aromatic carbocycles. The zero-order valence-electron chi connectivity index (χ0n) is 15.0. The zero-order chi connectivity index (χ0) is 19.7. The molecule has 1 atom stereocenters. The van der Waals surface area contributed by atoms with Crippen LogP contribution in [0.2, 0.25) is 0 Å². The number of Topliss-reactive ketones (excluding diaryl/α,β-unsaturated/α-hetero) is 1. The van der Waals surface area contributed by atoms with Crippen LogP contribution in [0.25, 0.3) is 5.76 Å². The molecule has 1 N–H and O–H groups in total. The summed E-state index contributed by atoms with van der Waals surface area (Å²) in [7, 11) is 4.39. The zero-order valence-corrected chi connectivity index (χ0v) is 15.0. The van der Waals surface area contributed by atoms with Crippen molar-refractivity contribution in [2.75, 3.05) is 21.3 Å². The van der Waals surface area contributed by atoms with Crippen LogP contribution >= 0.6 is 0 Å². The Hall–Kier alpha value is -3.35. The van der Waals surface area contributed by atoms with Gasteiger partial charge in [-0.25, -0.2) is 4.39 Å². The summed E-state index contributed by atoms with van der Waals surface area (Å²) in [6.07, 6.45) is 0. The molecule has 3 rings (SSSR count). The van der Waals surface area contributed by atoms with Crippen molar-refractivity contribution in [1.29, 1.82) is 0 Å². The molecular formula is C20H18FNO5. The van der Waals surface area contributed by atoms with Gasteiger partial charge in [-0.3, -0.25) is 9.59 Å². The summed E-state index contributed by atoms with van der Waals surface area (Å²) >= 11 is 0. The molecule has 140 valence electrons. The number of halogens is 1. The van der Waals surface area contributed by atoms with Gasteiger partial charge in [0, 0.05) is 12.6 Å². The van der Waals surface area contributed by atoms with Gasteiger partial charge in [0.15, 0.2) is 11.5 Å². The van der Waals surface area contributed by atoms with E-state index in [-0.39, 0.29) is 11.3 Å². The maximum Gasteiger partial charge on any atom is 0.295 e. The number of carbonyl (C=O) groups excluding carboxylic acids is 2. The lowest BCUT2D eigenvalue weighted by Gasteiger charge is -2.21. The Labute approximate surface area is 155 Å². The number of carbonyl (C=O) groups is 2. The van der Waals surface area contributed by atoms with Crippen molar-refractivity contribution in [3.05, 3.63) is 65.0 Å². The molecule has 1 aliphatic heterocycles. The van der Waals surface area contributed by atoms with Crippen molar-refractivity contribution in [2.24, 2.45) is 0 Å². The summed E-state index contributed by atoms with van der Waals surface area (Å²) in [5.74, 6) is -1.50. The number of ether oxygens (including phenoxy) is 2. The minimum atomic E-state index is -0.821. The first kappa shape index (κ1) is 18.4. The van der Waals surface area contributed by atoms with Crippen molar-refractivity contribution in [2.45, 2.75) is 6.04 Å². The first-order chi connectivity index (χ1) is 12.9. The molecule has 1 heterocycles. The van der Waals surface area contributed by atoms with Gasteiger partial charge < -0.3 is 19.5 Å². The van der Waals surface area contributed by atoms with Gasteiger partial charge in [0.05, 0.1) is 25.8 Å². The van der Waals surface area contributed by atoms with Gasteiger partial charge >= 0.3 is 0 Å². The molecule has 0 unspecified atom stereocenters. The molecule has 0 radical (unpaired) electrons. The normalized spacial score (nSPS) is 18.7. The second kappa shape index (κ2) is 7.11. The van der Waals surface area contributed by atoms with E-state index in [2.05, 4.69) is 0 Å². The third-order valence-corrected chi connectivity index (χ3v) is 4.52. The molecule has 7 heteroatoms. The van der Waals surface area contributed by atoms with Crippen LogP contribution in [0.5, 0.6) is 11.5 Å². The van der Waals surface area contributed by atoms with Gasteiger partial charge in [-0.1, -0.05) is 12.1 Å². The van der Waals surface area contributed by atoms with Crippen molar-refractivity contribution < 1.29 is 28.6 Å². The van der Waals surface area contributed by atoms with Gasteiger partial charge in [-0.15, -0.1) is 0 Å². The molecule has 1 fully saturated rings. The largest absolute Gasteiger partial charge is 0.507 e. The summed E-state index contributed by atoms with van der Waals surface area (Å²) in [4.78, 5) is 26.0. The lowest BCUT2D eigenvalue weighted by atomic mass is 9.95. The summed E-state index contributed by atoms with van der Waals surface area (Å²) in [5.41, 5.74) is 0.743. The highest BCUT2D eigenvalue weighted by Crippen LogP contribution is 2.39. The van der Waals surface area contributed by atoms with E-state index in [0.717, 1.165) is 0 Å². The number of aliphatic hydroxyl groups is 1. The predicted octanol–water partition coefficient (Wildman–Crippen LogP) is 2.89. The highest BCUT2D eigenvalue weighted by molar-refractivity contribution is 6.46. The third-order valence-electron chi connectivity index (χ3n) is 4.52. The van der Waals surface area contributed by atoms with Crippen LogP contribution in [0.4, 0.5) is 4.39 Å². The van der Waals surface area contributed by atoms with E-state index in [4.69, 9.17) is 9.47 Å². The first-order valence-electron chi connectivity index (χ1n) is 8.11. The number of methoxy groups -OCH3 is 2. The minimum absolute atomic E-state index is 0.0682. The SMILES string of the molecule is COc1ccc(C(O)=C2C(=O)C(=O)N(C)[C@@H]2c2ccc(F)cc2)cc1OC. The van der Waals surface area contributed by atoms with Crippen molar-refractivity contribution in [3.63, 3.8) is 0 Å². The predicted molar refractivity (Wildman–Crippen MR) is 96.0 cm³/mol. The molecule has 2 aromatic rings. The van der Waals surface area contributed by atoms with E-state index in [1.807, 2.05) is 0 Å². The van der Waals surface area contributed by atoms with Crippen LogP contribution in [0, 0.1) is 5.82 Å².